The molecule has 38 heavy (non-hydrogen) atoms. The first-order valence-electron chi connectivity index (χ1n) is 12.6. The monoisotopic (exact) mass is 525 g/mol. The summed E-state index contributed by atoms with van der Waals surface area (Å²) in [7, 11) is -4.07. The fourth-order valence-electron chi connectivity index (χ4n) is 5.92. The molecule has 0 amide bonds. The Morgan fingerprint density at radius 1 is 0.868 bits per heavy atom. The molecule has 2 aliphatic carbocycles. The number of aryl methyl sites for hydroxylation is 1. The van der Waals surface area contributed by atoms with Gasteiger partial charge in [-0.2, -0.15) is 8.42 Å². The fraction of sp³-hybridized carbons (Fsp3) is 0.258. The average Bonchev–Trinajstić information content (AvgIpc) is 3.14. The van der Waals surface area contributed by atoms with Gasteiger partial charge in [0.15, 0.2) is 5.78 Å². The van der Waals surface area contributed by atoms with Crippen molar-refractivity contribution in [1.82, 2.24) is 0 Å². The third-order valence-corrected chi connectivity index (χ3v) is 8.84. The second kappa shape index (κ2) is 8.60. The number of carbonyl (C=O) groups is 2. The minimum absolute atomic E-state index is 0.0407. The maximum absolute atomic E-state index is 13.7. The minimum Gasteiger partial charge on any atom is -0.379 e. The van der Waals surface area contributed by atoms with Crippen LogP contribution in [0.4, 0.5) is 0 Å². The van der Waals surface area contributed by atoms with Crippen molar-refractivity contribution >= 4 is 33.1 Å². The Balaban J connectivity index is 1.45. The van der Waals surface area contributed by atoms with E-state index in [1.807, 2.05) is 31.2 Å². The third kappa shape index (κ3) is 4.02. The molecule has 0 unspecified atom stereocenters. The Morgan fingerprint density at radius 3 is 2.32 bits per heavy atom. The van der Waals surface area contributed by atoms with Crippen LogP contribution in [-0.2, 0) is 14.9 Å². The molecule has 0 bridgehead atoms. The highest BCUT2D eigenvalue weighted by atomic mass is 32.2. The Hall–Kier alpha value is -3.84. The van der Waals surface area contributed by atoms with Crippen molar-refractivity contribution in [2.75, 3.05) is 0 Å². The standard InChI is InChI=1S/C31H27NO5S/c1-18-11-13-21(14-12-18)38(35,36)37-20-8-6-7-19(15-20)26-27-24(16-31(2,3)17-25(27)33)32-29-22-9-4-5-10-23(22)30(34)28(26)29/h4-15,26-27H,16-17H2,1-3H3/t26-,27-/m1/s1. The van der Waals surface area contributed by atoms with Crippen LogP contribution in [-0.4, -0.2) is 25.7 Å². The quantitative estimate of drug-likeness (QED) is 0.395. The van der Waals surface area contributed by atoms with Gasteiger partial charge in [-0.1, -0.05) is 67.9 Å². The average molecular weight is 526 g/mol. The molecule has 6 nitrogen and oxygen atoms in total. The van der Waals surface area contributed by atoms with Crippen LogP contribution in [0.3, 0.4) is 0 Å². The van der Waals surface area contributed by atoms with E-state index in [4.69, 9.17) is 9.18 Å². The first kappa shape index (κ1) is 24.5. The molecule has 7 heteroatoms. The number of benzene rings is 3. The van der Waals surface area contributed by atoms with E-state index in [0.29, 0.717) is 35.2 Å². The van der Waals surface area contributed by atoms with E-state index in [9.17, 15) is 18.0 Å². The zero-order valence-corrected chi connectivity index (χ0v) is 22.2. The number of rotatable bonds is 4. The minimum atomic E-state index is -4.07. The molecule has 1 aliphatic heterocycles. The molecule has 1 saturated carbocycles. The predicted octanol–water partition coefficient (Wildman–Crippen LogP) is 5.91. The van der Waals surface area contributed by atoms with Crippen molar-refractivity contribution in [1.29, 1.82) is 0 Å². The van der Waals surface area contributed by atoms with Crippen LogP contribution in [0.5, 0.6) is 5.75 Å². The molecule has 192 valence electrons. The normalized spacial score (nSPS) is 21.9. The van der Waals surface area contributed by atoms with E-state index < -0.39 is 22.0 Å². The maximum Gasteiger partial charge on any atom is 0.339 e. The molecule has 1 fully saturated rings. The van der Waals surface area contributed by atoms with Crippen LogP contribution in [0.1, 0.15) is 59.7 Å². The van der Waals surface area contributed by atoms with Crippen LogP contribution in [0.25, 0.3) is 5.70 Å². The van der Waals surface area contributed by atoms with E-state index in [0.717, 1.165) is 16.8 Å². The molecule has 3 aliphatic rings. The van der Waals surface area contributed by atoms with E-state index >= 15 is 0 Å². The largest absolute Gasteiger partial charge is 0.379 e. The second-order valence-corrected chi connectivity index (χ2v) is 12.6. The molecule has 0 aromatic heterocycles. The second-order valence-electron chi connectivity index (χ2n) is 11.1. The number of ketones is 2. The van der Waals surface area contributed by atoms with Gasteiger partial charge in [0.1, 0.15) is 16.4 Å². The van der Waals surface area contributed by atoms with E-state index in [-0.39, 0.29) is 27.6 Å². The highest BCUT2D eigenvalue weighted by Gasteiger charge is 2.50. The molecule has 2 atom stereocenters. The molecule has 0 radical (unpaired) electrons. The van der Waals surface area contributed by atoms with Crippen LogP contribution in [0, 0.1) is 18.3 Å². The van der Waals surface area contributed by atoms with Crippen LogP contribution in [0.2, 0.25) is 0 Å². The van der Waals surface area contributed by atoms with Gasteiger partial charge >= 0.3 is 10.1 Å². The number of Topliss-reactive ketones (excluding diaryl/α,β-unsaturated/α-hetero) is 2. The number of aliphatic imine (C=N–C) groups is 1. The molecule has 0 N–H and O–H groups in total. The van der Waals surface area contributed by atoms with Gasteiger partial charge in [0, 0.05) is 34.8 Å². The van der Waals surface area contributed by atoms with Gasteiger partial charge in [-0.05, 0) is 48.6 Å². The van der Waals surface area contributed by atoms with Gasteiger partial charge in [0.25, 0.3) is 0 Å². The van der Waals surface area contributed by atoms with Crippen molar-refractivity contribution in [2.24, 2.45) is 16.3 Å². The molecular formula is C31H27NO5S. The summed E-state index contributed by atoms with van der Waals surface area (Å²) in [5.74, 6) is -1.13. The smallest absolute Gasteiger partial charge is 0.339 e. The van der Waals surface area contributed by atoms with Gasteiger partial charge in [-0.15, -0.1) is 0 Å². The van der Waals surface area contributed by atoms with Crippen LogP contribution < -0.4 is 4.18 Å². The molecule has 3 aromatic rings. The van der Waals surface area contributed by atoms with E-state index in [1.165, 1.54) is 12.1 Å². The molecule has 0 saturated heterocycles. The van der Waals surface area contributed by atoms with E-state index in [1.54, 1.807) is 36.4 Å². The Labute approximate surface area is 222 Å². The lowest BCUT2D eigenvalue weighted by molar-refractivity contribution is -0.124. The molecule has 6 rings (SSSR count). The Kier molecular flexibility index (Phi) is 5.54. The number of hydrogen-bond acceptors (Lipinski definition) is 6. The summed E-state index contributed by atoms with van der Waals surface area (Å²) in [6, 6.07) is 20.5. The number of fused-ring (bicyclic) bond motifs is 3. The Morgan fingerprint density at radius 2 is 1.58 bits per heavy atom. The number of nitrogens with zero attached hydrogens (tertiary/aromatic N) is 1. The highest BCUT2D eigenvalue weighted by Crippen LogP contribution is 2.52. The van der Waals surface area contributed by atoms with Gasteiger partial charge in [0.2, 0.25) is 0 Å². The predicted molar refractivity (Wildman–Crippen MR) is 145 cm³/mol. The lowest BCUT2D eigenvalue weighted by Gasteiger charge is -2.40. The van der Waals surface area contributed by atoms with Gasteiger partial charge in [0.05, 0.1) is 11.6 Å². The zero-order valence-electron chi connectivity index (χ0n) is 21.4. The van der Waals surface area contributed by atoms with E-state index in [2.05, 4.69) is 13.8 Å². The first-order chi connectivity index (χ1) is 18.0. The molecular weight excluding hydrogens is 498 g/mol. The van der Waals surface area contributed by atoms with Crippen LogP contribution in [0.15, 0.2) is 88.3 Å². The molecule has 0 spiro atoms. The van der Waals surface area contributed by atoms with Gasteiger partial charge in [-0.3, -0.25) is 14.6 Å². The lowest BCUT2D eigenvalue weighted by Crippen LogP contribution is -2.43. The highest BCUT2D eigenvalue weighted by molar-refractivity contribution is 7.87. The summed E-state index contributed by atoms with van der Waals surface area (Å²) in [5, 5.41) is 0. The summed E-state index contributed by atoms with van der Waals surface area (Å²) in [6.45, 7) is 5.99. The topological polar surface area (TPSA) is 89.9 Å². The first-order valence-corrected chi connectivity index (χ1v) is 14.0. The summed E-state index contributed by atoms with van der Waals surface area (Å²) in [5.41, 5.74) is 4.59. The van der Waals surface area contributed by atoms with Crippen molar-refractivity contribution in [2.45, 2.75) is 44.4 Å². The summed E-state index contributed by atoms with van der Waals surface area (Å²) in [6.07, 6.45) is 1.03. The summed E-state index contributed by atoms with van der Waals surface area (Å²) >= 11 is 0. The Bertz CT molecular complexity index is 1680. The van der Waals surface area contributed by atoms with Gasteiger partial charge in [-0.25, -0.2) is 0 Å². The van der Waals surface area contributed by atoms with Gasteiger partial charge < -0.3 is 4.18 Å². The number of hydrogen-bond donors (Lipinski definition) is 0. The van der Waals surface area contributed by atoms with Crippen molar-refractivity contribution in [3.8, 4) is 5.75 Å². The van der Waals surface area contributed by atoms with Crippen molar-refractivity contribution < 1.29 is 22.2 Å². The fourth-order valence-corrected chi connectivity index (χ4v) is 6.84. The zero-order chi connectivity index (χ0) is 26.8. The maximum atomic E-state index is 13.7. The lowest BCUT2D eigenvalue weighted by atomic mass is 9.63. The van der Waals surface area contributed by atoms with Crippen molar-refractivity contribution in [3.63, 3.8) is 0 Å². The molecule has 3 aromatic carbocycles. The van der Waals surface area contributed by atoms with Crippen molar-refractivity contribution in [3.05, 3.63) is 101 Å². The SMILES string of the molecule is Cc1ccc(S(=O)(=O)Oc2cccc([C@H]3C4=C(N=C5CC(C)(C)CC(=O)[C@@H]53)c3ccccc3C4=O)c2)cc1. The third-order valence-electron chi connectivity index (χ3n) is 7.58. The summed E-state index contributed by atoms with van der Waals surface area (Å²) < 4.78 is 31.5. The summed E-state index contributed by atoms with van der Waals surface area (Å²) in [4.78, 5) is 32.3. The molecule has 1 heterocycles. The number of allylic oxidation sites excluding steroid dienone is 1. The number of carbonyl (C=O) groups excluding carboxylic acids is 2. The van der Waals surface area contributed by atoms with Crippen LogP contribution >= 0.6 is 0 Å².